The van der Waals surface area contributed by atoms with Gasteiger partial charge in [0.1, 0.15) is 11.6 Å². The normalized spacial score (nSPS) is 11.4. The summed E-state index contributed by atoms with van der Waals surface area (Å²) in [4.78, 5) is 7.28. The Morgan fingerprint density at radius 2 is 2.00 bits per heavy atom. The fourth-order valence-electron chi connectivity index (χ4n) is 2.40. The van der Waals surface area contributed by atoms with Crippen molar-refractivity contribution >= 4 is 27.3 Å². The van der Waals surface area contributed by atoms with Crippen LogP contribution in [0.4, 0.5) is 14.5 Å². The molecule has 0 bridgehead atoms. The number of halogens is 3. The third-order valence-electron chi connectivity index (χ3n) is 3.65. The number of methoxy groups -OCH3 is 1. The molecule has 0 unspecified atom stereocenters. The van der Waals surface area contributed by atoms with Gasteiger partial charge in [0.15, 0.2) is 10.7 Å². The van der Waals surface area contributed by atoms with Crippen LogP contribution >= 0.6 is 11.6 Å². The predicted molar refractivity (Wildman–Crippen MR) is 95.2 cm³/mol. The van der Waals surface area contributed by atoms with Gasteiger partial charge in [-0.2, -0.15) is 0 Å². The van der Waals surface area contributed by atoms with E-state index in [0.717, 1.165) is 18.2 Å². The number of anilines is 1. The molecule has 0 aliphatic carbocycles. The summed E-state index contributed by atoms with van der Waals surface area (Å²) in [5, 5.41) is 0.0458. The second-order valence-electron chi connectivity index (χ2n) is 5.41. The summed E-state index contributed by atoms with van der Waals surface area (Å²) in [6.45, 7) is 0. The summed E-state index contributed by atoms with van der Waals surface area (Å²) in [7, 11) is -1.54. The number of aryl methyl sites for hydroxylation is 1. The fraction of sp³-hybridized carbons (Fsp3) is 0.125. The van der Waals surface area contributed by atoms with Crippen LogP contribution in [0.2, 0.25) is 5.02 Å². The summed E-state index contributed by atoms with van der Waals surface area (Å²) in [6, 6.07) is 3.02. The number of imidazole rings is 1. The third-order valence-corrected chi connectivity index (χ3v) is 5.21. The van der Waals surface area contributed by atoms with Crippen LogP contribution in [-0.2, 0) is 17.1 Å². The number of pyridine rings is 1. The topological polar surface area (TPSA) is 86.1 Å². The number of hydrogen-bond donors (Lipinski definition) is 1. The minimum Gasteiger partial charge on any atom is -0.480 e. The highest BCUT2D eigenvalue weighted by molar-refractivity contribution is 7.92. The maximum absolute atomic E-state index is 14.9. The van der Waals surface area contributed by atoms with Gasteiger partial charge >= 0.3 is 0 Å². The number of rotatable bonds is 5. The molecule has 27 heavy (non-hydrogen) atoms. The highest BCUT2D eigenvalue weighted by atomic mass is 35.5. The molecule has 142 valence electrons. The van der Waals surface area contributed by atoms with Gasteiger partial charge in [0.2, 0.25) is 5.88 Å². The summed E-state index contributed by atoms with van der Waals surface area (Å²) in [6.07, 6.45) is 4.08. The molecule has 7 nitrogen and oxygen atoms in total. The first-order valence-electron chi connectivity index (χ1n) is 7.42. The summed E-state index contributed by atoms with van der Waals surface area (Å²) in [5.74, 6) is -2.21. The summed E-state index contributed by atoms with van der Waals surface area (Å²) in [5.41, 5.74) is -0.921. The van der Waals surface area contributed by atoms with Gasteiger partial charge in [0.25, 0.3) is 10.0 Å². The van der Waals surface area contributed by atoms with Crippen LogP contribution in [0.5, 0.6) is 5.88 Å². The summed E-state index contributed by atoms with van der Waals surface area (Å²) < 4.78 is 62.8. The molecule has 0 saturated heterocycles. The first-order valence-corrected chi connectivity index (χ1v) is 9.28. The lowest BCUT2D eigenvalue weighted by atomic mass is 10.1. The number of ether oxygens (including phenoxy) is 1. The molecule has 1 N–H and O–H groups in total. The molecule has 3 aromatic rings. The molecular weight excluding hydrogens is 402 g/mol. The van der Waals surface area contributed by atoms with E-state index in [2.05, 4.69) is 14.7 Å². The lowest BCUT2D eigenvalue weighted by molar-refractivity contribution is 0.385. The van der Waals surface area contributed by atoms with E-state index in [9.17, 15) is 17.2 Å². The van der Waals surface area contributed by atoms with Crippen molar-refractivity contribution in [3.8, 4) is 17.3 Å². The number of benzene rings is 1. The minimum atomic E-state index is -4.32. The lowest BCUT2D eigenvalue weighted by Crippen LogP contribution is -2.16. The zero-order valence-electron chi connectivity index (χ0n) is 14.1. The van der Waals surface area contributed by atoms with Crippen LogP contribution < -0.4 is 9.46 Å². The highest BCUT2D eigenvalue weighted by Crippen LogP contribution is 2.32. The summed E-state index contributed by atoms with van der Waals surface area (Å²) >= 11 is 5.80. The molecule has 1 aromatic carbocycles. The van der Waals surface area contributed by atoms with E-state index in [4.69, 9.17) is 16.3 Å². The Bertz CT molecular complexity index is 1120. The van der Waals surface area contributed by atoms with Gasteiger partial charge in [-0.1, -0.05) is 11.6 Å². The molecule has 0 radical (unpaired) electrons. The van der Waals surface area contributed by atoms with Gasteiger partial charge in [-0.15, -0.1) is 0 Å². The number of aromatic nitrogens is 3. The Labute approximate surface area is 158 Å². The second kappa shape index (κ2) is 7.12. The molecule has 0 saturated carbocycles. The first kappa shape index (κ1) is 19.1. The largest absolute Gasteiger partial charge is 0.480 e. The van der Waals surface area contributed by atoms with E-state index >= 15 is 0 Å². The maximum atomic E-state index is 14.9. The van der Waals surface area contributed by atoms with Crippen molar-refractivity contribution in [3.05, 3.63) is 53.4 Å². The van der Waals surface area contributed by atoms with E-state index in [1.54, 1.807) is 7.05 Å². The molecule has 0 fully saturated rings. The minimum absolute atomic E-state index is 0.00745. The Balaban J connectivity index is 2.09. The maximum Gasteiger partial charge on any atom is 0.267 e. The lowest BCUT2D eigenvalue weighted by Gasteiger charge is -2.13. The van der Waals surface area contributed by atoms with Gasteiger partial charge in [-0.25, -0.2) is 27.2 Å². The number of sulfonamides is 1. The third kappa shape index (κ3) is 3.58. The van der Waals surface area contributed by atoms with Gasteiger partial charge in [0, 0.05) is 25.6 Å². The number of nitrogens with zero attached hydrogens (tertiary/aromatic N) is 3. The van der Waals surface area contributed by atoms with Gasteiger partial charge in [0.05, 0.1) is 23.4 Å². The standard InChI is InChI=1S/C16H13ClF2N4O3S/c1-23-6-5-20-15(23)13-10(18)3-4-11(14(13)19)22-27(24,25)12-7-9(17)8-21-16(12)26-2/h3-8,22H,1-2H3. The van der Waals surface area contributed by atoms with Gasteiger partial charge < -0.3 is 9.30 Å². The molecule has 0 aliphatic heterocycles. The highest BCUT2D eigenvalue weighted by Gasteiger charge is 2.25. The van der Waals surface area contributed by atoms with Crippen molar-refractivity contribution in [2.24, 2.45) is 7.05 Å². The number of nitrogens with one attached hydrogen (secondary N) is 1. The molecule has 2 heterocycles. The zero-order chi connectivity index (χ0) is 19.8. The first-order chi connectivity index (χ1) is 12.7. The molecular formula is C16H13ClF2N4O3S. The Morgan fingerprint density at radius 3 is 2.63 bits per heavy atom. The van der Waals surface area contributed by atoms with Crippen molar-refractivity contribution in [1.29, 1.82) is 0 Å². The van der Waals surface area contributed by atoms with Crippen molar-refractivity contribution in [3.63, 3.8) is 0 Å². The van der Waals surface area contributed by atoms with Crippen LogP contribution in [0.1, 0.15) is 0 Å². The molecule has 2 aromatic heterocycles. The number of hydrogen-bond acceptors (Lipinski definition) is 5. The van der Waals surface area contributed by atoms with Crippen LogP contribution in [0.15, 0.2) is 41.7 Å². The fourth-order valence-corrected chi connectivity index (χ4v) is 3.82. The van der Waals surface area contributed by atoms with E-state index in [-0.39, 0.29) is 21.6 Å². The van der Waals surface area contributed by atoms with Crippen LogP contribution in [0.25, 0.3) is 11.4 Å². The Hall–Kier alpha value is -2.72. The Kier molecular flexibility index (Phi) is 5.03. The van der Waals surface area contributed by atoms with Crippen molar-refractivity contribution in [1.82, 2.24) is 14.5 Å². The van der Waals surface area contributed by atoms with E-state index in [1.165, 1.54) is 30.3 Å². The zero-order valence-corrected chi connectivity index (χ0v) is 15.6. The molecule has 0 amide bonds. The molecule has 0 atom stereocenters. The van der Waals surface area contributed by atoms with E-state index in [1.807, 2.05) is 0 Å². The average molecular weight is 415 g/mol. The van der Waals surface area contributed by atoms with Crippen LogP contribution in [0, 0.1) is 11.6 Å². The second-order valence-corrected chi connectivity index (χ2v) is 7.50. The molecule has 3 rings (SSSR count). The molecule has 11 heteroatoms. The SMILES string of the molecule is COc1ncc(Cl)cc1S(=O)(=O)Nc1ccc(F)c(-c2nccn2C)c1F. The van der Waals surface area contributed by atoms with Crippen LogP contribution in [-0.4, -0.2) is 30.1 Å². The van der Waals surface area contributed by atoms with Crippen LogP contribution in [0.3, 0.4) is 0 Å². The van der Waals surface area contributed by atoms with Gasteiger partial charge in [-0.3, -0.25) is 4.72 Å². The predicted octanol–water partition coefficient (Wildman–Crippen LogP) is 3.22. The van der Waals surface area contributed by atoms with Crippen molar-refractivity contribution in [2.45, 2.75) is 4.90 Å². The van der Waals surface area contributed by atoms with E-state index in [0.29, 0.717) is 0 Å². The molecule has 0 spiro atoms. The molecule has 0 aliphatic rings. The quantitative estimate of drug-likeness (QED) is 0.692. The monoisotopic (exact) mass is 414 g/mol. The average Bonchev–Trinajstić information content (AvgIpc) is 3.03. The van der Waals surface area contributed by atoms with Crippen molar-refractivity contribution < 1.29 is 21.9 Å². The van der Waals surface area contributed by atoms with Gasteiger partial charge in [-0.05, 0) is 18.2 Å². The van der Waals surface area contributed by atoms with Crippen molar-refractivity contribution in [2.75, 3.05) is 11.8 Å². The Morgan fingerprint density at radius 1 is 1.26 bits per heavy atom. The smallest absolute Gasteiger partial charge is 0.267 e. The van der Waals surface area contributed by atoms with E-state index < -0.39 is 32.9 Å².